The highest BCUT2D eigenvalue weighted by molar-refractivity contribution is 5.95. The number of ether oxygens (including phenoxy) is 1. The number of likely N-dealkylation sites (tertiary alicyclic amines) is 1. The quantitative estimate of drug-likeness (QED) is 0.638. The second-order valence-corrected chi connectivity index (χ2v) is 7.42. The number of benzene rings is 1. The molecular formula is C23H25N5O3. The summed E-state index contributed by atoms with van der Waals surface area (Å²) in [6.07, 6.45) is 3.20. The molecule has 0 bridgehead atoms. The lowest BCUT2D eigenvalue weighted by atomic mass is 9.96. The number of piperidine rings is 1. The number of carbonyl (C=O) groups is 2. The highest BCUT2D eigenvalue weighted by Gasteiger charge is 2.30. The van der Waals surface area contributed by atoms with E-state index in [1.807, 2.05) is 49.4 Å². The fourth-order valence-electron chi connectivity index (χ4n) is 3.67. The van der Waals surface area contributed by atoms with E-state index in [0.717, 1.165) is 18.6 Å². The third-order valence-corrected chi connectivity index (χ3v) is 5.25. The lowest BCUT2D eigenvalue weighted by Crippen LogP contribution is -2.43. The molecule has 4 rings (SSSR count). The molecule has 8 heteroatoms. The first-order valence-electron chi connectivity index (χ1n) is 10.4. The van der Waals surface area contributed by atoms with Gasteiger partial charge in [0.15, 0.2) is 0 Å². The number of H-pyrrole nitrogens is 1. The van der Waals surface area contributed by atoms with Gasteiger partial charge >= 0.3 is 0 Å². The van der Waals surface area contributed by atoms with Crippen LogP contribution in [0.15, 0.2) is 54.7 Å². The Hall–Kier alpha value is -3.68. The average molecular weight is 419 g/mol. The molecular weight excluding hydrogens is 394 g/mol. The minimum Gasteiger partial charge on any atom is -0.494 e. The van der Waals surface area contributed by atoms with Gasteiger partial charge in [0.05, 0.1) is 18.2 Å². The van der Waals surface area contributed by atoms with Crippen molar-refractivity contribution in [3.8, 4) is 17.1 Å². The lowest BCUT2D eigenvalue weighted by Gasteiger charge is -2.31. The molecule has 3 aromatic rings. The van der Waals surface area contributed by atoms with Crippen LogP contribution >= 0.6 is 0 Å². The van der Waals surface area contributed by atoms with Gasteiger partial charge in [-0.3, -0.25) is 19.7 Å². The Balaban J connectivity index is 1.38. The van der Waals surface area contributed by atoms with Crippen molar-refractivity contribution in [2.24, 2.45) is 5.92 Å². The molecule has 2 amide bonds. The van der Waals surface area contributed by atoms with Gasteiger partial charge in [0.2, 0.25) is 5.91 Å². The van der Waals surface area contributed by atoms with Crippen LogP contribution in [0.2, 0.25) is 0 Å². The molecule has 2 aromatic heterocycles. The third kappa shape index (κ3) is 4.91. The topological polar surface area (TPSA) is 100 Å². The van der Waals surface area contributed by atoms with Gasteiger partial charge in [0.1, 0.15) is 17.1 Å². The fraction of sp³-hybridized carbons (Fsp3) is 0.304. The van der Waals surface area contributed by atoms with Crippen LogP contribution in [0.25, 0.3) is 11.4 Å². The van der Waals surface area contributed by atoms with E-state index < -0.39 is 0 Å². The maximum absolute atomic E-state index is 13.0. The van der Waals surface area contributed by atoms with Crippen LogP contribution < -0.4 is 10.1 Å². The fourth-order valence-corrected chi connectivity index (χ4v) is 3.67. The number of rotatable bonds is 6. The standard InChI is InChI=1S/C23H25N5O3/c1-2-31-18-10-8-17(9-11-18)25-22(29)16-6-5-13-28(15-16)23(30)21-14-20(26-27-21)19-7-3-4-12-24-19/h3-4,7-12,14,16H,2,5-6,13,15H2,1H3,(H,25,29)(H,26,27). The van der Waals surface area contributed by atoms with Crippen LogP contribution in [-0.2, 0) is 4.79 Å². The predicted octanol–water partition coefficient (Wildman–Crippen LogP) is 3.36. The van der Waals surface area contributed by atoms with E-state index in [2.05, 4.69) is 20.5 Å². The number of aromatic amines is 1. The van der Waals surface area contributed by atoms with Gasteiger partial charge in [0.25, 0.3) is 5.91 Å². The third-order valence-electron chi connectivity index (χ3n) is 5.25. The molecule has 2 N–H and O–H groups in total. The number of hydrogen-bond donors (Lipinski definition) is 2. The number of amides is 2. The molecule has 0 spiro atoms. The van der Waals surface area contributed by atoms with E-state index in [9.17, 15) is 9.59 Å². The molecule has 1 aliphatic heterocycles. The van der Waals surface area contributed by atoms with Crippen molar-refractivity contribution in [1.29, 1.82) is 0 Å². The van der Waals surface area contributed by atoms with E-state index in [4.69, 9.17) is 4.74 Å². The maximum Gasteiger partial charge on any atom is 0.271 e. The van der Waals surface area contributed by atoms with Crippen molar-refractivity contribution in [3.63, 3.8) is 0 Å². The molecule has 1 saturated heterocycles. The van der Waals surface area contributed by atoms with Crippen LogP contribution in [0, 0.1) is 5.92 Å². The largest absolute Gasteiger partial charge is 0.494 e. The number of pyridine rings is 1. The molecule has 0 aliphatic carbocycles. The summed E-state index contributed by atoms with van der Waals surface area (Å²) in [5.41, 5.74) is 2.42. The number of hydrogen-bond acceptors (Lipinski definition) is 5. The van der Waals surface area contributed by atoms with Crippen LogP contribution in [0.5, 0.6) is 5.75 Å². The van der Waals surface area contributed by atoms with Crippen molar-refractivity contribution in [3.05, 3.63) is 60.4 Å². The molecule has 8 nitrogen and oxygen atoms in total. The SMILES string of the molecule is CCOc1ccc(NC(=O)C2CCCN(C(=O)c3cc(-c4ccccn4)n[nH]3)C2)cc1. The minimum absolute atomic E-state index is 0.0829. The van der Waals surface area contributed by atoms with Crippen LogP contribution in [0.3, 0.4) is 0 Å². The molecule has 1 atom stereocenters. The first-order chi connectivity index (χ1) is 15.1. The molecule has 0 radical (unpaired) electrons. The Morgan fingerprint density at radius 3 is 2.77 bits per heavy atom. The van der Waals surface area contributed by atoms with Gasteiger partial charge in [-0.25, -0.2) is 0 Å². The lowest BCUT2D eigenvalue weighted by molar-refractivity contribution is -0.121. The van der Waals surface area contributed by atoms with E-state index in [-0.39, 0.29) is 17.7 Å². The summed E-state index contributed by atoms with van der Waals surface area (Å²) in [7, 11) is 0. The second kappa shape index (κ2) is 9.42. The summed E-state index contributed by atoms with van der Waals surface area (Å²) >= 11 is 0. The normalized spacial score (nSPS) is 16.0. The van der Waals surface area contributed by atoms with Gasteiger partial charge in [-0.15, -0.1) is 0 Å². The van der Waals surface area contributed by atoms with E-state index in [1.54, 1.807) is 17.2 Å². The Morgan fingerprint density at radius 1 is 1.19 bits per heavy atom. The van der Waals surface area contributed by atoms with E-state index >= 15 is 0 Å². The molecule has 3 heterocycles. The summed E-state index contributed by atoms with van der Waals surface area (Å²) in [5, 5.41) is 9.96. The molecule has 0 saturated carbocycles. The molecule has 160 valence electrons. The first-order valence-corrected chi connectivity index (χ1v) is 10.4. The zero-order valence-corrected chi connectivity index (χ0v) is 17.4. The number of aromatic nitrogens is 3. The van der Waals surface area contributed by atoms with Crippen molar-refractivity contribution in [1.82, 2.24) is 20.1 Å². The summed E-state index contributed by atoms with van der Waals surface area (Å²) in [5.74, 6) is 0.260. The highest BCUT2D eigenvalue weighted by atomic mass is 16.5. The van der Waals surface area contributed by atoms with Crippen molar-refractivity contribution in [2.45, 2.75) is 19.8 Å². The predicted molar refractivity (Wildman–Crippen MR) is 117 cm³/mol. The summed E-state index contributed by atoms with van der Waals surface area (Å²) < 4.78 is 5.43. The number of carbonyl (C=O) groups excluding carboxylic acids is 2. The zero-order valence-electron chi connectivity index (χ0n) is 17.4. The minimum atomic E-state index is -0.262. The van der Waals surface area contributed by atoms with Crippen molar-refractivity contribution in [2.75, 3.05) is 25.0 Å². The van der Waals surface area contributed by atoms with E-state index in [1.165, 1.54) is 0 Å². The number of nitrogens with one attached hydrogen (secondary N) is 2. The van der Waals surface area contributed by atoms with Crippen LogP contribution in [0.4, 0.5) is 5.69 Å². The number of nitrogens with zero attached hydrogens (tertiary/aromatic N) is 3. The van der Waals surface area contributed by atoms with Gasteiger partial charge in [-0.2, -0.15) is 5.10 Å². The monoisotopic (exact) mass is 419 g/mol. The van der Waals surface area contributed by atoms with Gasteiger partial charge in [-0.05, 0) is 62.2 Å². The molecule has 1 aliphatic rings. The summed E-state index contributed by atoms with van der Waals surface area (Å²) in [6.45, 7) is 3.51. The Bertz CT molecular complexity index is 1030. The van der Waals surface area contributed by atoms with Crippen LogP contribution in [0.1, 0.15) is 30.3 Å². The Kier molecular flexibility index (Phi) is 6.26. The van der Waals surface area contributed by atoms with Crippen molar-refractivity contribution >= 4 is 17.5 Å². The molecule has 1 fully saturated rings. The first kappa shape index (κ1) is 20.6. The molecule has 31 heavy (non-hydrogen) atoms. The van der Waals surface area contributed by atoms with Gasteiger partial charge in [-0.1, -0.05) is 6.07 Å². The zero-order chi connectivity index (χ0) is 21.6. The van der Waals surface area contributed by atoms with E-state index in [0.29, 0.717) is 42.5 Å². The Morgan fingerprint density at radius 2 is 2.03 bits per heavy atom. The number of anilines is 1. The highest BCUT2D eigenvalue weighted by Crippen LogP contribution is 2.22. The van der Waals surface area contributed by atoms with Gasteiger partial charge in [0, 0.05) is 25.0 Å². The maximum atomic E-state index is 13.0. The average Bonchev–Trinajstić information content (AvgIpc) is 3.31. The summed E-state index contributed by atoms with van der Waals surface area (Å²) in [4.78, 5) is 31.7. The smallest absolute Gasteiger partial charge is 0.271 e. The van der Waals surface area contributed by atoms with Gasteiger partial charge < -0.3 is 15.0 Å². The summed E-state index contributed by atoms with van der Waals surface area (Å²) in [6, 6.07) is 14.5. The second-order valence-electron chi connectivity index (χ2n) is 7.42. The van der Waals surface area contributed by atoms with Crippen LogP contribution in [-0.4, -0.2) is 51.6 Å². The molecule has 1 aromatic carbocycles. The Labute approximate surface area is 180 Å². The van der Waals surface area contributed by atoms with Crippen molar-refractivity contribution < 1.29 is 14.3 Å². The molecule has 1 unspecified atom stereocenters.